The Morgan fingerprint density at radius 3 is 2.18 bits per heavy atom. The van der Waals surface area contributed by atoms with Gasteiger partial charge in [-0.25, -0.2) is 9.59 Å². The van der Waals surface area contributed by atoms with E-state index >= 15 is 0 Å². The van der Waals surface area contributed by atoms with Gasteiger partial charge in [-0.05, 0) is 17.7 Å². The van der Waals surface area contributed by atoms with Crippen molar-refractivity contribution < 1.29 is 24.6 Å². The van der Waals surface area contributed by atoms with E-state index in [0.29, 0.717) is 10.9 Å². The first kappa shape index (κ1) is 15.4. The second kappa shape index (κ2) is 6.22. The maximum Gasteiger partial charge on any atom is 0.332 e. The molecule has 0 saturated carbocycles. The number of fused-ring (bicyclic) bond motifs is 1. The highest BCUT2D eigenvalue weighted by Crippen LogP contribution is 2.22. The number of hydrogen-bond donors (Lipinski definition) is 2. The summed E-state index contributed by atoms with van der Waals surface area (Å²) in [6.45, 7) is 1.18. The average molecular weight is 298 g/mol. The van der Waals surface area contributed by atoms with Crippen LogP contribution < -0.4 is 0 Å². The standard InChI is InChI=1S/C17H14O5/c1-10(16(19)20)14(17(21)22)9-15(18)13-8-4-6-11-5-2-3-7-12(11)13/h2-8H,9H2,1H3,(H,19,20)(H,21,22). The predicted molar refractivity (Wildman–Crippen MR) is 80.9 cm³/mol. The zero-order valence-corrected chi connectivity index (χ0v) is 11.9. The summed E-state index contributed by atoms with van der Waals surface area (Å²) in [6, 6.07) is 12.4. The zero-order valence-electron chi connectivity index (χ0n) is 11.9. The molecular weight excluding hydrogens is 284 g/mol. The average Bonchev–Trinajstić information content (AvgIpc) is 2.50. The van der Waals surface area contributed by atoms with E-state index in [9.17, 15) is 14.4 Å². The number of hydrogen-bond acceptors (Lipinski definition) is 3. The molecule has 0 bridgehead atoms. The van der Waals surface area contributed by atoms with Crippen LogP contribution in [0.25, 0.3) is 10.8 Å². The largest absolute Gasteiger partial charge is 0.478 e. The lowest BCUT2D eigenvalue weighted by Crippen LogP contribution is -2.13. The maximum atomic E-state index is 12.4. The summed E-state index contributed by atoms with van der Waals surface area (Å²) in [7, 11) is 0. The minimum absolute atomic E-state index is 0.332. The Balaban J connectivity index is 2.45. The van der Waals surface area contributed by atoms with E-state index in [0.717, 1.165) is 5.39 Å². The van der Waals surface area contributed by atoms with E-state index in [-0.39, 0.29) is 5.57 Å². The summed E-state index contributed by atoms with van der Waals surface area (Å²) in [4.78, 5) is 34.6. The van der Waals surface area contributed by atoms with Crippen LogP contribution in [-0.2, 0) is 9.59 Å². The summed E-state index contributed by atoms with van der Waals surface area (Å²) in [6.07, 6.45) is -0.457. The number of carbonyl (C=O) groups excluding carboxylic acids is 1. The van der Waals surface area contributed by atoms with Crippen LogP contribution in [0.2, 0.25) is 0 Å². The lowest BCUT2D eigenvalue weighted by atomic mass is 9.95. The number of rotatable bonds is 5. The van der Waals surface area contributed by atoms with Crippen molar-refractivity contribution in [2.45, 2.75) is 13.3 Å². The summed E-state index contributed by atoms with van der Waals surface area (Å²) in [5.41, 5.74) is -0.346. The van der Waals surface area contributed by atoms with E-state index in [1.165, 1.54) is 6.92 Å². The summed E-state index contributed by atoms with van der Waals surface area (Å²) in [5, 5.41) is 19.6. The molecule has 0 aromatic heterocycles. The smallest absolute Gasteiger partial charge is 0.332 e. The van der Waals surface area contributed by atoms with E-state index in [2.05, 4.69) is 0 Å². The van der Waals surface area contributed by atoms with Gasteiger partial charge in [0.05, 0.1) is 5.57 Å². The third-order valence-corrected chi connectivity index (χ3v) is 3.46. The van der Waals surface area contributed by atoms with Crippen LogP contribution in [0.5, 0.6) is 0 Å². The molecule has 5 nitrogen and oxygen atoms in total. The SMILES string of the molecule is CC(C(=O)O)=C(CC(=O)c1cccc2ccccc12)C(=O)O. The van der Waals surface area contributed by atoms with Crippen molar-refractivity contribution in [1.82, 2.24) is 0 Å². The molecule has 5 heteroatoms. The molecular formula is C17H14O5. The van der Waals surface area contributed by atoms with Crippen LogP contribution in [-0.4, -0.2) is 27.9 Å². The van der Waals surface area contributed by atoms with Crippen molar-refractivity contribution in [2.75, 3.05) is 0 Å². The lowest BCUT2D eigenvalue weighted by Gasteiger charge is -2.08. The highest BCUT2D eigenvalue weighted by molar-refractivity contribution is 6.12. The zero-order chi connectivity index (χ0) is 16.3. The molecule has 2 aromatic carbocycles. The number of Topliss-reactive ketones (excluding diaryl/α,β-unsaturated/α-hetero) is 1. The van der Waals surface area contributed by atoms with Gasteiger partial charge in [0, 0.05) is 17.6 Å². The van der Waals surface area contributed by atoms with E-state index in [1.807, 2.05) is 18.2 Å². The third kappa shape index (κ3) is 3.03. The van der Waals surface area contributed by atoms with Gasteiger partial charge in [0.25, 0.3) is 0 Å². The molecule has 22 heavy (non-hydrogen) atoms. The molecule has 112 valence electrons. The minimum atomic E-state index is -1.39. The molecule has 0 aliphatic rings. The molecule has 0 spiro atoms. The van der Waals surface area contributed by atoms with Crippen LogP contribution in [0, 0.1) is 0 Å². The van der Waals surface area contributed by atoms with Gasteiger partial charge in [-0.1, -0.05) is 42.5 Å². The Bertz CT molecular complexity index is 796. The van der Waals surface area contributed by atoms with Crippen LogP contribution in [0.3, 0.4) is 0 Å². The number of carboxylic acids is 2. The molecule has 2 aromatic rings. The van der Waals surface area contributed by atoms with Gasteiger partial charge in [-0.15, -0.1) is 0 Å². The molecule has 0 saturated heterocycles. The normalized spacial score (nSPS) is 11.9. The summed E-state index contributed by atoms with van der Waals surface area (Å²) < 4.78 is 0. The first-order valence-corrected chi connectivity index (χ1v) is 6.59. The fourth-order valence-corrected chi connectivity index (χ4v) is 2.22. The lowest BCUT2D eigenvalue weighted by molar-refractivity contribution is -0.135. The molecule has 2 N–H and O–H groups in total. The second-order valence-electron chi connectivity index (χ2n) is 4.84. The van der Waals surface area contributed by atoms with Gasteiger partial charge in [-0.2, -0.15) is 0 Å². The fourth-order valence-electron chi connectivity index (χ4n) is 2.22. The summed E-state index contributed by atoms with van der Waals surface area (Å²) in [5.74, 6) is -3.16. The van der Waals surface area contributed by atoms with Crippen LogP contribution in [0.4, 0.5) is 0 Å². The van der Waals surface area contributed by atoms with Crippen LogP contribution in [0.15, 0.2) is 53.6 Å². The maximum absolute atomic E-state index is 12.4. The van der Waals surface area contributed by atoms with Crippen molar-refractivity contribution >= 4 is 28.5 Å². The first-order chi connectivity index (χ1) is 10.4. The quantitative estimate of drug-likeness (QED) is 0.654. The van der Waals surface area contributed by atoms with Crippen molar-refractivity contribution in [3.05, 3.63) is 59.2 Å². The van der Waals surface area contributed by atoms with Crippen molar-refractivity contribution in [2.24, 2.45) is 0 Å². The number of ketones is 1. The molecule has 0 radical (unpaired) electrons. The Morgan fingerprint density at radius 1 is 0.909 bits per heavy atom. The molecule has 0 aliphatic heterocycles. The number of carbonyl (C=O) groups is 3. The fraction of sp³-hybridized carbons (Fsp3) is 0.118. The number of carboxylic acid groups (broad SMARTS) is 2. The van der Waals surface area contributed by atoms with E-state index in [4.69, 9.17) is 10.2 Å². The Morgan fingerprint density at radius 2 is 1.55 bits per heavy atom. The Hall–Kier alpha value is -2.95. The Kier molecular flexibility index (Phi) is 4.36. The van der Waals surface area contributed by atoms with Gasteiger partial charge >= 0.3 is 11.9 Å². The highest BCUT2D eigenvalue weighted by atomic mass is 16.4. The predicted octanol–water partition coefficient (Wildman–Crippen LogP) is 2.90. The molecule has 0 amide bonds. The van der Waals surface area contributed by atoms with E-state index in [1.54, 1.807) is 24.3 Å². The third-order valence-electron chi connectivity index (χ3n) is 3.46. The second-order valence-corrected chi connectivity index (χ2v) is 4.84. The minimum Gasteiger partial charge on any atom is -0.478 e. The Labute approximate surface area is 126 Å². The summed E-state index contributed by atoms with van der Waals surface area (Å²) >= 11 is 0. The van der Waals surface area contributed by atoms with E-state index < -0.39 is 29.7 Å². The number of benzene rings is 2. The first-order valence-electron chi connectivity index (χ1n) is 6.59. The monoisotopic (exact) mass is 298 g/mol. The molecule has 0 atom stereocenters. The molecule has 0 aliphatic carbocycles. The molecule has 0 heterocycles. The van der Waals surface area contributed by atoms with Crippen molar-refractivity contribution in [3.8, 4) is 0 Å². The van der Waals surface area contributed by atoms with Gasteiger partial charge in [-0.3, -0.25) is 4.79 Å². The van der Waals surface area contributed by atoms with Gasteiger partial charge in [0.1, 0.15) is 0 Å². The molecule has 0 unspecified atom stereocenters. The van der Waals surface area contributed by atoms with Crippen molar-refractivity contribution in [3.63, 3.8) is 0 Å². The van der Waals surface area contributed by atoms with Crippen molar-refractivity contribution in [1.29, 1.82) is 0 Å². The van der Waals surface area contributed by atoms with Crippen LogP contribution in [0.1, 0.15) is 23.7 Å². The van der Waals surface area contributed by atoms with Gasteiger partial charge < -0.3 is 10.2 Å². The highest BCUT2D eigenvalue weighted by Gasteiger charge is 2.21. The topological polar surface area (TPSA) is 91.7 Å². The number of aliphatic carboxylic acids is 2. The van der Waals surface area contributed by atoms with Crippen LogP contribution >= 0.6 is 0 Å². The molecule has 0 fully saturated rings. The van der Waals surface area contributed by atoms with Gasteiger partial charge in [0.2, 0.25) is 0 Å². The molecule has 2 rings (SSSR count). The van der Waals surface area contributed by atoms with Gasteiger partial charge in [0.15, 0.2) is 5.78 Å².